The highest BCUT2D eigenvalue weighted by Crippen LogP contribution is 2.30. The molecule has 4 heterocycles. The first-order valence-electron chi connectivity index (χ1n) is 18.9. The van der Waals surface area contributed by atoms with E-state index in [-0.39, 0.29) is 11.7 Å². The number of hydrogen-bond donors (Lipinski definition) is 16. The fourth-order valence-corrected chi connectivity index (χ4v) is 8.10. The van der Waals surface area contributed by atoms with Crippen LogP contribution < -0.4 is 10.6 Å². The summed E-state index contributed by atoms with van der Waals surface area (Å²) in [6, 6.07) is 0. The van der Waals surface area contributed by atoms with Gasteiger partial charge in [0.15, 0.2) is 30.3 Å². The number of ether oxygens (including phenoxy) is 8. The van der Waals surface area contributed by atoms with Crippen molar-refractivity contribution in [2.75, 3.05) is 64.8 Å². The van der Waals surface area contributed by atoms with Crippen molar-refractivity contribution in [1.82, 2.24) is 10.6 Å². The molecule has 4 aliphatic heterocycles. The Morgan fingerprint density at radius 2 is 0.932 bits per heavy atom. The highest BCUT2D eigenvalue weighted by Gasteiger charge is 2.50. The minimum atomic E-state index is -1.88. The van der Waals surface area contributed by atoms with Crippen LogP contribution >= 0.6 is 24.0 Å². The van der Waals surface area contributed by atoms with E-state index in [0.29, 0.717) is 11.5 Å². The summed E-state index contributed by atoms with van der Waals surface area (Å²) >= 11 is 7.00. The molecule has 0 radical (unpaired) electrons. The smallest absolute Gasteiger partial charge is 0.186 e. The van der Waals surface area contributed by atoms with Gasteiger partial charge >= 0.3 is 0 Å². The predicted molar refractivity (Wildman–Crippen MR) is 200 cm³/mol. The van der Waals surface area contributed by atoms with Crippen LogP contribution in [0.25, 0.3) is 0 Å². The summed E-state index contributed by atoms with van der Waals surface area (Å²) in [5, 5.41) is 150. The lowest BCUT2D eigenvalue weighted by atomic mass is 9.91. The Morgan fingerprint density at radius 3 is 1.31 bits per heavy atom. The molecule has 4 saturated heterocycles. The van der Waals surface area contributed by atoms with Gasteiger partial charge in [-0.25, -0.2) is 0 Å². The van der Waals surface area contributed by atoms with E-state index in [0.717, 1.165) is 0 Å². The Bertz CT molecular complexity index is 1170. The highest BCUT2D eigenvalue weighted by molar-refractivity contribution is 7.99. The average molecular weight is 901 g/mol. The molecule has 9 unspecified atom stereocenters. The Hall–Kier alpha value is -0.840. The van der Waals surface area contributed by atoms with Crippen molar-refractivity contribution in [3.05, 3.63) is 0 Å². The monoisotopic (exact) mass is 900 g/mol. The van der Waals surface area contributed by atoms with Crippen LogP contribution in [0.1, 0.15) is 6.92 Å². The van der Waals surface area contributed by atoms with Crippen molar-refractivity contribution in [1.29, 1.82) is 0 Å². The Labute approximate surface area is 348 Å². The molecule has 346 valence electrons. The molecule has 4 aliphatic rings. The molecule has 0 saturated carbocycles. The summed E-state index contributed by atoms with van der Waals surface area (Å²) in [5.74, 6) is 0.377. The number of nitrogens with one attached hydrogen (secondary N) is 2. The van der Waals surface area contributed by atoms with Crippen molar-refractivity contribution in [2.24, 2.45) is 5.92 Å². The summed E-state index contributed by atoms with van der Waals surface area (Å²) in [5.41, 5.74) is -1.88. The van der Waals surface area contributed by atoms with E-state index in [9.17, 15) is 71.5 Å². The van der Waals surface area contributed by atoms with E-state index in [1.807, 2.05) is 0 Å². The first-order chi connectivity index (χ1) is 27.9. The van der Waals surface area contributed by atoms with Crippen LogP contribution in [0.3, 0.4) is 0 Å². The number of methoxy groups -OCH3 is 1. The minimum Gasteiger partial charge on any atom is -0.394 e. The maximum atomic E-state index is 10.7. The minimum absolute atomic E-state index is 0.113. The standard InChI is InChI=1S/C33H60N2O22S2/c1-12-16(57-28(50-2)24(46)17(12)39)8-59-4-3-34-32(58)35-33(9-51-29-25(47)21(43)18(40)13(5-36)54-29,10-52-30-26(48)22(44)19(41)14(6-37)55-30)11-53-31-27(49)23(45)20(42)15(7-38)56-31/h12-31,36-49H,3-11H2,1-2H3,(H2,34,35,58)/t12?,13?,14?,15?,16?,17-,18+,19+,20+,21-,22-,23-,24?,25?,26?,27?,28-,29-,30-,31-,33?/m0/s1. The van der Waals surface area contributed by atoms with Crippen molar-refractivity contribution < 1.29 is 109 Å². The quantitative estimate of drug-likeness (QED) is 0.0423. The number of aliphatic hydroxyl groups is 14. The van der Waals surface area contributed by atoms with Gasteiger partial charge in [0.1, 0.15) is 84.9 Å². The first-order valence-corrected chi connectivity index (χ1v) is 20.4. The highest BCUT2D eigenvalue weighted by atomic mass is 32.2. The van der Waals surface area contributed by atoms with Crippen LogP contribution in [0.15, 0.2) is 0 Å². The summed E-state index contributed by atoms with van der Waals surface area (Å²) < 4.78 is 45.0. The van der Waals surface area contributed by atoms with E-state index < -0.39 is 168 Å². The van der Waals surface area contributed by atoms with E-state index in [1.165, 1.54) is 18.9 Å². The van der Waals surface area contributed by atoms with Crippen molar-refractivity contribution in [2.45, 2.75) is 129 Å². The lowest BCUT2D eigenvalue weighted by Gasteiger charge is -2.45. The van der Waals surface area contributed by atoms with Crippen LogP contribution in [0.2, 0.25) is 0 Å². The van der Waals surface area contributed by atoms with Crippen LogP contribution in [0.4, 0.5) is 0 Å². The number of thioether (sulfide) groups is 1. The summed E-state index contributed by atoms with van der Waals surface area (Å²) in [4.78, 5) is 0. The van der Waals surface area contributed by atoms with Gasteiger partial charge in [-0.1, -0.05) is 6.92 Å². The van der Waals surface area contributed by atoms with Crippen LogP contribution in [0, 0.1) is 5.92 Å². The Balaban J connectivity index is 1.55. The van der Waals surface area contributed by atoms with Gasteiger partial charge in [-0.2, -0.15) is 11.8 Å². The topological polar surface area (TPSA) is 381 Å². The molecule has 0 spiro atoms. The second-order valence-electron chi connectivity index (χ2n) is 14.9. The lowest BCUT2D eigenvalue weighted by Crippen LogP contribution is -2.66. The van der Waals surface area contributed by atoms with E-state index in [4.69, 9.17) is 50.1 Å². The van der Waals surface area contributed by atoms with Gasteiger partial charge in [-0.05, 0) is 12.2 Å². The van der Waals surface area contributed by atoms with Gasteiger partial charge in [-0.3, -0.25) is 0 Å². The van der Waals surface area contributed by atoms with E-state index in [2.05, 4.69) is 10.6 Å². The SMILES string of the molecule is CO[C@H]1OC(CSCCNC(=S)NC(CO[C@H]2OC(CO)[C@@H](O)[C@H](O)C2O)(CO[C@H]2OC(CO)[C@@H](O)[C@H](O)C2O)CO[C@H]2OC(CO)[C@@H](O)[C@H](O)C2O)C(C)[C@H](O)C1O. The number of hydrogen-bond acceptors (Lipinski definition) is 24. The fourth-order valence-electron chi connectivity index (χ4n) is 6.75. The van der Waals surface area contributed by atoms with Gasteiger partial charge in [0, 0.05) is 31.1 Å². The molecular formula is C33H60N2O22S2. The summed E-state index contributed by atoms with van der Waals surface area (Å²) in [6.07, 6.45) is -29.5. The zero-order valence-electron chi connectivity index (χ0n) is 32.3. The van der Waals surface area contributed by atoms with Gasteiger partial charge in [-0.15, -0.1) is 0 Å². The third-order valence-corrected chi connectivity index (χ3v) is 11.9. The van der Waals surface area contributed by atoms with Gasteiger partial charge in [0.25, 0.3) is 0 Å². The molecular weight excluding hydrogens is 840 g/mol. The number of rotatable bonds is 19. The van der Waals surface area contributed by atoms with E-state index in [1.54, 1.807) is 6.92 Å². The third kappa shape index (κ3) is 12.5. The molecule has 26 heteroatoms. The molecule has 59 heavy (non-hydrogen) atoms. The lowest BCUT2D eigenvalue weighted by molar-refractivity contribution is -0.323. The molecule has 16 N–H and O–H groups in total. The molecule has 0 aliphatic carbocycles. The molecule has 0 aromatic carbocycles. The molecule has 0 bridgehead atoms. The molecule has 4 fully saturated rings. The largest absolute Gasteiger partial charge is 0.394 e. The van der Waals surface area contributed by atoms with Crippen molar-refractivity contribution >= 4 is 29.1 Å². The van der Waals surface area contributed by atoms with Crippen LogP contribution in [-0.2, 0) is 37.9 Å². The van der Waals surface area contributed by atoms with Crippen LogP contribution in [-0.4, -0.2) is 264 Å². The second-order valence-corrected chi connectivity index (χ2v) is 16.4. The molecule has 0 aromatic heterocycles. The molecule has 0 aromatic rings. The number of aliphatic hydroxyl groups excluding tert-OH is 14. The zero-order valence-corrected chi connectivity index (χ0v) is 33.9. The van der Waals surface area contributed by atoms with Crippen molar-refractivity contribution in [3.63, 3.8) is 0 Å². The Morgan fingerprint density at radius 1 is 0.559 bits per heavy atom. The molecule has 24 nitrogen and oxygen atoms in total. The maximum absolute atomic E-state index is 10.7. The third-order valence-electron chi connectivity index (χ3n) is 10.6. The zero-order chi connectivity index (χ0) is 43.8. The summed E-state index contributed by atoms with van der Waals surface area (Å²) in [7, 11) is 1.34. The summed E-state index contributed by atoms with van der Waals surface area (Å²) in [6.45, 7) is -2.55. The first kappa shape index (κ1) is 50.8. The fraction of sp³-hybridized carbons (Fsp3) is 0.970. The van der Waals surface area contributed by atoms with Gasteiger partial charge in [0.2, 0.25) is 0 Å². The average Bonchev–Trinajstić information content (AvgIpc) is 3.22. The molecule has 20 atom stereocenters. The van der Waals surface area contributed by atoms with Gasteiger partial charge in [0.05, 0.1) is 51.8 Å². The maximum Gasteiger partial charge on any atom is 0.186 e. The second kappa shape index (κ2) is 23.2. The predicted octanol–water partition coefficient (Wildman–Crippen LogP) is -8.90. The number of thiocarbonyl (C=S) groups is 1. The molecule has 0 amide bonds. The van der Waals surface area contributed by atoms with Gasteiger partial charge < -0.3 is 120 Å². The van der Waals surface area contributed by atoms with Crippen molar-refractivity contribution in [3.8, 4) is 0 Å². The normalized spacial score (nSPS) is 44.1. The van der Waals surface area contributed by atoms with E-state index >= 15 is 0 Å². The van der Waals surface area contributed by atoms with Crippen LogP contribution in [0.5, 0.6) is 0 Å². The Kier molecular flexibility index (Phi) is 20.0. The molecule has 4 rings (SSSR count).